The highest BCUT2D eigenvalue weighted by atomic mass is 16.5. The highest BCUT2D eigenvalue weighted by Crippen LogP contribution is 2.26. The van der Waals surface area contributed by atoms with Gasteiger partial charge in [-0.15, -0.1) is 0 Å². The highest BCUT2D eigenvalue weighted by molar-refractivity contribution is 6.09. The van der Waals surface area contributed by atoms with Gasteiger partial charge in [0.1, 0.15) is 11.3 Å². The third-order valence-corrected chi connectivity index (χ3v) is 3.34. The van der Waals surface area contributed by atoms with Crippen LogP contribution < -0.4 is 4.74 Å². The normalized spacial score (nSPS) is 10.7. The average molecular weight is 266 g/mol. The van der Waals surface area contributed by atoms with E-state index in [1.54, 1.807) is 13.2 Å². The number of hydrogen-bond donors (Lipinski definition) is 0. The van der Waals surface area contributed by atoms with E-state index in [4.69, 9.17) is 9.15 Å². The number of carbonyl (C=O) groups is 1. The quantitative estimate of drug-likeness (QED) is 0.673. The minimum absolute atomic E-state index is 0.0988. The number of benzene rings is 2. The van der Waals surface area contributed by atoms with Crippen molar-refractivity contribution in [3.63, 3.8) is 0 Å². The smallest absolute Gasteiger partial charge is 0.228 e. The molecular weight excluding hydrogens is 252 g/mol. The van der Waals surface area contributed by atoms with E-state index in [2.05, 4.69) is 0 Å². The molecule has 0 aliphatic carbocycles. The van der Waals surface area contributed by atoms with Crippen molar-refractivity contribution in [2.24, 2.45) is 0 Å². The van der Waals surface area contributed by atoms with Crippen molar-refractivity contribution in [2.45, 2.75) is 6.92 Å². The molecule has 0 saturated heterocycles. The van der Waals surface area contributed by atoms with Crippen LogP contribution in [0.3, 0.4) is 0 Å². The van der Waals surface area contributed by atoms with Gasteiger partial charge in [0, 0.05) is 10.9 Å². The van der Waals surface area contributed by atoms with Crippen molar-refractivity contribution in [1.29, 1.82) is 0 Å². The molecule has 3 nitrogen and oxygen atoms in total. The molecule has 0 saturated carbocycles. The van der Waals surface area contributed by atoms with Crippen LogP contribution in [0.2, 0.25) is 0 Å². The molecule has 0 N–H and O–H groups in total. The first-order chi connectivity index (χ1) is 9.69. The maximum atomic E-state index is 12.5. The van der Waals surface area contributed by atoms with Crippen molar-refractivity contribution in [1.82, 2.24) is 0 Å². The van der Waals surface area contributed by atoms with E-state index in [0.717, 1.165) is 16.7 Å². The van der Waals surface area contributed by atoms with E-state index >= 15 is 0 Å². The van der Waals surface area contributed by atoms with E-state index < -0.39 is 0 Å². The van der Waals surface area contributed by atoms with Crippen LogP contribution in [-0.2, 0) is 0 Å². The van der Waals surface area contributed by atoms with Crippen LogP contribution in [0, 0.1) is 6.92 Å². The molecule has 0 atom stereocenters. The molecule has 3 heteroatoms. The molecule has 2 aromatic carbocycles. The number of ketones is 1. The Hall–Kier alpha value is -2.55. The van der Waals surface area contributed by atoms with Crippen molar-refractivity contribution in [3.05, 3.63) is 65.4 Å². The van der Waals surface area contributed by atoms with Crippen molar-refractivity contribution in [2.75, 3.05) is 7.11 Å². The summed E-state index contributed by atoms with van der Waals surface area (Å²) >= 11 is 0. The molecule has 1 aromatic heterocycles. The number of methoxy groups -OCH3 is 1. The summed E-state index contributed by atoms with van der Waals surface area (Å²) in [7, 11) is 1.61. The molecule has 0 fully saturated rings. The molecule has 20 heavy (non-hydrogen) atoms. The van der Waals surface area contributed by atoms with Crippen LogP contribution in [0.5, 0.6) is 5.75 Å². The van der Waals surface area contributed by atoms with Crippen molar-refractivity contribution >= 4 is 16.8 Å². The first-order valence-electron chi connectivity index (χ1n) is 6.37. The van der Waals surface area contributed by atoms with Crippen LogP contribution in [0.25, 0.3) is 11.0 Å². The van der Waals surface area contributed by atoms with Gasteiger partial charge in [-0.25, -0.2) is 0 Å². The Morgan fingerprint density at radius 1 is 1.10 bits per heavy atom. The van der Waals surface area contributed by atoms with E-state index in [1.807, 2.05) is 49.4 Å². The molecule has 100 valence electrons. The fraction of sp³-hybridized carbons (Fsp3) is 0.118. The zero-order valence-corrected chi connectivity index (χ0v) is 11.3. The monoisotopic (exact) mass is 266 g/mol. The molecule has 0 aliphatic rings. The molecule has 0 bridgehead atoms. The summed E-state index contributed by atoms with van der Waals surface area (Å²) in [5.74, 6) is 0.994. The van der Waals surface area contributed by atoms with Gasteiger partial charge >= 0.3 is 0 Å². The van der Waals surface area contributed by atoms with Gasteiger partial charge in [-0.2, -0.15) is 0 Å². The molecule has 3 aromatic rings. The second-order valence-corrected chi connectivity index (χ2v) is 4.66. The Morgan fingerprint density at radius 3 is 2.65 bits per heavy atom. The number of hydrogen-bond acceptors (Lipinski definition) is 3. The largest absolute Gasteiger partial charge is 0.497 e. The summed E-state index contributed by atoms with van der Waals surface area (Å²) in [5.41, 5.74) is 2.29. The van der Waals surface area contributed by atoms with E-state index in [9.17, 15) is 4.79 Å². The van der Waals surface area contributed by atoms with Gasteiger partial charge < -0.3 is 9.15 Å². The Kier molecular flexibility index (Phi) is 3.03. The standard InChI is InChI=1S/C17H14O3/c1-11-5-3-4-6-14(11)17(18)16-10-12-9-13(19-2)7-8-15(12)20-16/h3-10H,1-2H3. The summed E-state index contributed by atoms with van der Waals surface area (Å²) in [5, 5.41) is 0.862. The van der Waals surface area contributed by atoms with Crippen LogP contribution in [0.1, 0.15) is 21.7 Å². The fourth-order valence-electron chi connectivity index (χ4n) is 2.22. The summed E-state index contributed by atoms with van der Waals surface area (Å²) in [6.45, 7) is 1.92. The summed E-state index contributed by atoms with van der Waals surface area (Å²) in [6.07, 6.45) is 0. The van der Waals surface area contributed by atoms with Gasteiger partial charge in [-0.1, -0.05) is 24.3 Å². The predicted octanol–water partition coefficient (Wildman–Crippen LogP) is 3.98. The molecule has 3 rings (SSSR count). The molecule has 0 spiro atoms. The Balaban J connectivity index is 2.06. The van der Waals surface area contributed by atoms with Crippen molar-refractivity contribution < 1.29 is 13.9 Å². The first-order valence-corrected chi connectivity index (χ1v) is 6.37. The van der Waals surface area contributed by atoms with Crippen LogP contribution in [-0.4, -0.2) is 12.9 Å². The summed E-state index contributed by atoms with van der Waals surface area (Å²) in [6, 6.07) is 14.7. The molecule has 0 unspecified atom stereocenters. The lowest BCUT2D eigenvalue weighted by molar-refractivity contribution is 0.101. The average Bonchev–Trinajstić information content (AvgIpc) is 2.89. The lowest BCUT2D eigenvalue weighted by Gasteiger charge is -2.01. The van der Waals surface area contributed by atoms with Gasteiger partial charge in [0.05, 0.1) is 7.11 Å². The van der Waals surface area contributed by atoms with Gasteiger partial charge in [-0.3, -0.25) is 4.79 Å². The molecular formula is C17H14O3. The molecule has 0 aliphatic heterocycles. The Bertz CT molecular complexity index is 784. The van der Waals surface area contributed by atoms with Crippen LogP contribution >= 0.6 is 0 Å². The third-order valence-electron chi connectivity index (χ3n) is 3.34. The number of carbonyl (C=O) groups excluding carboxylic acids is 1. The topological polar surface area (TPSA) is 39.4 Å². The number of furan rings is 1. The minimum atomic E-state index is -0.0988. The molecule has 1 heterocycles. The maximum Gasteiger partial charge on any atom is 0.228 e. The van der Waals surface area contributed by atoms with Crippen molar-refractivity contribution in [3.8, 4) is 5.75 Å². The molecule has 0 amide bonds. The predicted molar refractivity (Wildman–Crippen MR) is 77.4 cm³/mol. The molecule has 0 radical (unpaired) electrons. The van der Waals surface area contributed by atoms with E-state index in [1.165, 1.54) is 0 Å². The summed E-state index contributed by atoms with van der Waals surface area (Å²) < 4.78 is 10.8. The van der Waals surface area contributed by atoms with Gasteiger partial charge in [-0.05, 0) is 36.8 Å². The van der Waals surface area contributed by atoms with Crippen LogP contribution in [0.4, 0.5) is 0 Å². The summed E-state index contributed by atoms with van der Waals surface area (Å²) in [4.78, 5) is 12.5. The second kappa shape index (κ2) is 4.85. The second-order valence-electron chi connectivity index (χ2n) is 4.66. The Labute approximate surface area is 116 Å². The van der Waals surface area contributed by atoms with E-state index in [-0.39, 0.29) is 5.78 Å². The lowest BCUT2D eigenvalue weighted by atomic mass is 10.0. The zero-order chi connectivity index (χ0) is 14.1. The first kappa shape index (κ1) is 12.5. The highest BCUT2D eigenvalue weighted by Gasteiger charge is 2.16. The van der Waals surface area contributed by atoms with Gasteiger partial charge in [0.25, 0.3) is 0 Å². The SMILES string of the molecule is COc1ccc2oc(C(=O)c3ccccc3C)cc2c1. The van der Waals surface area contributed by atoms with E-state index in [0.29, 0.717) is 16.9 Å². The number of fused-ring (bicyclic) bond motifs is 1. The third kappa shape index (κ3) is 2.07. The number of rotatable bonds is 3. The number of ether oxygens (including phenoxy) is 1. The maximum absolute atomic E-state index is 12.5. The zero-order valence-electron chi connectivity index (χ0n) is 11.3. The Morgan fingerprint density at radius 2 is 1.90 bits per heavy atom. The lowest BCUT2D eigenvalue weighted by Crippen LogP contribution is -2.01. The fourth-order valence-corrected chi connectivity index (χ4v) is 2.22. The number of aryl methyl sites for hydroxylation is 1. The van der Waals surface area contributed by atoms with Crippen LogP contribution in [0.15, 0.2) is 52.9 Å². The van der Waals surface area contributed by atoms with Gasteiger partial charge in [0.15, 0.2) is 5.76 Å². The van der Waals surface area contributed by atoms with Gasteiger partial charge in [0.2, 0.25) is 5.78 Å². The minimum Gasteiger partial charge on any atom is -0.497 e.